The van der Waals surface area contributed by atoms with Gasteiger partial charge in [-0.15, -0.1) is 0 Å². The number of carboxylic acids is 1. The van der Waals surface area contributed by atoms with E-state index >= 15 is 0 Å². The standard InChI is InChI=1S/C16H26O4/c1-2-3-4-5-6-8-11-14(17)15(18)12-9-7-10-13-16(19)20/h3-4,6,8,15,18H,2,5,7,9-13H2,1H3,(H,19,20)/b4-3-,8-6-. The van der Waals surface area contributed by atoms with Crippen molar-refractivity contribution in [3.05, 3.63) is 24.3 Å². The van der Waals surface area contributed by atoms with Crippen LogP contribution in [0.4, 0.5) is 0 Å². The largest absolute Gasteiger partial charge is 0.481 e. The van der Waals surface area contributed by atoms with Gasteiger partial charge in [0.25, 0.3) is 0 Å². The van der Waals surface area contributed by atoms with Crippen LogP contribution in [0, 0.1) is 0 Å². The van der Waals surface area contributed by atoms with Crippen molar-refractivity contribution in [3.8, 4) is 0 Å². The van der Waals surface area contributed by atoms with Crippen molar-refractivity contribution in [2.45, 2.75) is 64.4 Å². The van der Waals surface area contributed by atoms with E-state index in [0.717, 1.165) is 19.3 Å². The normalized spacial score (nSPS) is 13.1. The molecule has 0 rings (SSSR count). The minimum Gasteiger partial charge on any atom is -0.481 e. The number of unbranched alkanes of at least 4 members (excludes halogenated alkanes) is 2. The third-order valence-corrected chi connectivity index (χ3v) is 2.90. The molecule has 2 N–H and O–H groups in total. The molecule has 1 atom stereocenters. The fraction of sp³-hybridized carbons (Fsp3) is 0.625. The number of hydrogen-bond donors (Lipinski definition) is 2. The number of carbonyl (C=O) groups is 2. The lowest BCUT2D eigenvalue weighted by Crippen LogP contribution is -2.19. The van der Waals surface area contributed by atoms with Crippen molar-refractivity contribution in [2.24, 2.45) is 0 Å². The van der Waals surface area contributed by atoms with Gasteiger partial charge in [-0.25, -0.2) is 0 Å². The van der Waals surface area contributed by atoms with E-state index in [9.17, 15) is 14.7 Å². The van der Waals surface area contributed by atoms with Crippen LogP contribution in [0.3, 0.4) is 0 Å². The Bertz CT molecular complexity index is 331. The second kappa shape index (κ2) is 12.6. The summed E-state index contributed by atoms with van der Waals surface area (Å²) < 4.78 is 0. The fourth-order valence-corrected chi connectivity index (χ4v) is 1.72. The first-order valence-corrected chi connectivity index (χ1v) is 7.30. The minimum atomic E-state index is -0.921. The molecule has 0 amide bonds. The van der Waals surface area contributed by atoms with Gasteiger partial charge < -0.3 is 10.2 Å². The monoisotopic (exact) mass is 282 g/mol. The molecule has 0 radical (unpaired) electrons. The fourth-order valence-electron chi connectivity index (χ4n) is 1.72. The summed E-state index contributed by atoms with van der Waals surface area (Å²) in [5, 5.41) is 18.1. The highest BCUT2D eigenvalue weighted by molar-refractivity contribution is 5.84. The van der Waals surface area contributed by atoms with Crippen molar-refractivity contribution in [1.29, 1.82) is 0 Å². The second-order valence-corrected chi connectivity index (χ2v) is 4.77. The summed E-state index contributed by atoms with van der Waals surface area (Å²) in [7, 11) is 0. The number of hydrogen-bond acceptors (Lipinski definition) is 3. The molecule has 0 bridgehead atoms. The Kier molecular flexibility index (Phi) is 11.7. The third-order valence-electron chi connectivity index (χ3n) is 2.90. The van der Waals surface area contributed by atoms with Crippen LogP contribution in [0.5, 0.6) is 0 Å². The number of aliphatic carboxylic acids is 1. The highest BCUT2D eigenvalue weighted by atomic mass is 16.4. The smallest absolute Gasteiger partial charge is 0.303 e. The zero-order valence-electron chi connectivity index (χ0n) is 12.3. The molecule has 0 aromatic carbocycles. The van der Waals surface area contributed by atoms with Crippen LogP contribution >= 0.6 is 0 Å². The highest BCUT2D eigenvalue weighted by Gasteiger charge is 2.12. The lowest BCUT2D eigenvalue weighted by Gasteiger charge is -2.07. The van der Waals surface area contributed by atoms with Crippen molar-refractivity contribution < 1.29 is 19.8 Å². The van der Waals surface area contributed by atoms with Gasteiger partial charge >= 0.3 is 5.97 Å². The maximum atomic E-state index is 11.6. The molecule has 4 heteroatoms. The van der Waals surface area contributed by atoms with Crippen LogP contribution in [-0.2, 0) is 9.59 Å². The Morgan fingerprint density at radius 1 is 1.05 bits per heavy atom. The Balaban J connectivity index is 3.65. The summed E-state index contributed by atoms with van der Waals surface area (Å²) in [6.07, 6.45) is 11.6. The Labute approximate surface area is 121 Å². The van der Waals surface area contributed by atoms with Crippen molar-refractivity contribution >= 4 is 11.8 Å². The third kappa shape index (κ3) is 11.7. The first-order chi connectivity index (χ1) is 9.57. The summed E-state index contributed by atoms with van der Waals surface area (Å²) in [5.41, 5.74) is 0. The van der Waals surface area contributed by atoms with Crippen LogP contribution in [0.2, 0.25) is 0 Å². The van der Waals surface area contributed by atoms with Crippen molar-refractivity contribution in [3.63, 3.8) is 0 Å². The van der Waals surface area contributed by atoms with Gasteiger partial charge in [-0.1, -0.05) is 44.1 Å². The molecule has 0 spiro atoms. The first kappa shape index (κ1) is 18.6. The predicted molar refractivity (Wildman–Crippen MR) is 79.5 cm³/mol. The molecule has 114 valence electrons. The quantitative estimate of drug-likeness (QED) is 0.425. The van der Waals surface area contributed by atoms with E-state index in [-0.39, 0.29) is 18.6 Å². The van der Waals surface area contributed by atoms with E-state index in [4.69, 9.17) is 5.11 Å². The number of rotatable bonds is 12. The molecule has 0 aliphatic carbocycles. The molecule has 1 unspecified atom stereocenters. The number of carbonyl (C=O) groups excluding carboxylic acids is 1. The summed E-state index contributed by atoms with van der Waals surface area (Å²) in [6.45, 7) is 2.07. The maximum Gasteiger partial charge on any atom is 0.303 e. The van der Waals surface area contributed by atoms with Crippen LogP contribution in [0.25, 0.3) is 0 Å². The topological polar surface area (TPSA) is 74.6 Å². The van der Waals surface area contributed by atoms with Gasteiger partial charge in [-0.2, -0.15) is 0 Å². The van der Waals surface area contributed by atoms with E-state index in [1.54, 1.807) is 6.08 Å². The molecule has 0 saturated carbocycles. The Morgan fingerprint density at radius 2 is 1.75 bits per heavy atom. The number of Topliss-reactive ketones (excluding diaryl/α,β-unsaturated/α-hetero) is 1. The molecule has 0 fully saturated rings. The van der Waals surface area contributed by atoms with Gasteiger partial charge in [0.15, 0.2) is 5.78 Å². The van der Waals surface area contributed by atoms with Crippen LogP contribution < -0.4 is 0 Å². The SMILES string of the molecule is CC/C=C\C/C=C\CC(=O)C(O)CCCCCC(=O)O. The molecule has 0 aliphatic heterocycles. The molecule has 0 aliphatic rings. The van der Waals surface area contributed by atoms with E-state index < -0.39 is 12.1 Å². The molecule has 0 aromatic heterocycles. The van der Waals surface area contributed by atoms with Crippen LogP contribution in [0.1, 0.15) is 58.3 Å². The summed E-state index contributed by atoms with van der Waals surface area (Å²) in [6, 6.07) is 0. The number of carboxylic acid groups (broad SMARTS) is 1. The number of aliphatic hydroxyl groups is 1. The Morgan fingerprint density at radius 3 is 2.40 bits per heavy atom. The molecule has 20 heavy (non-hydrogen) atoms. The number of aliphatic hydroxyl groups excluding tert-OH is 1. The molecule has 0 aromatic rings. The molecule has 0 saturated heterocycles. The van der Waals surface area contributed by atoms with E-state index in [1.165, 1.54) is 0 Å². The summed E-state index contributed by atoms with van der Waals surface area (Å²) >= 11 is 0. The van der Waals surface area contributed by atoms with Gasteiger partial charge in [-0.3, -0.25) is 9.59 Å². The zero-order valence-corrected chi connectivity index (χ0v) is 12.3. The zero-order chi connectivity index (χ0) is 15.2. The average Bonchev–Trinajstić information content (AvgIpc) is 2.41. The van der Waals surface area contributed by atoms with Crippen LogP contribution in [-0.4, -0.2) is 28.1 Å². The first-order valence-electron chi connectivity index (χ1n) is 7.30. The van der Waals surface area contributed by atoms with Crippen molar-refractivity contribution in [2.75, 3.05) is 0 Å². The molecular weight excluding hydrogens is 256 g/mol. The van der Waals surface area contributed by atoms with E-state index in [1.807, 2.05) is 12.2 Å². The second-order valence-electron chi connectivity index (χ2n) is 4.77. The minimum absolute atomic E-state index is 0.151. The van der Waals surface area contributed by atoms with Crippen LogP contribution in [0.15, 0.2) is 24.3 Å². The van der Waals surface area contributed by atoms with E-state index in [0.29, 0.717) is 19.3 Å². The van der Waals surface area contributed by atoms with Gasteiger partial charge in [-0.05, 0) is 25.7 Å². The highest BCUT2D eigenvalue weighted by Crippen LogP contribution is 2.08. The van der Waals surface area contributed by atoms with Gasteiger partial charge in [0.05, 0.1) is 0 Å². The summed E-state index contributed by atoms with van der Waals surface area (Å²) in [5.74, 6) is -0.970. The maximum absolute atomic E-state index is 11.6. The lowest BCUT2D eigenvalue weighted by atomic mass is 10.0. The average molecular weight is 282 g/mol. The van der Waals surface area contributed by atoms with Gasteiger partial charge in [0, 0.05) is 12.8 Å². The number of ketones is 1. The predicted octanol–water partition coefficient (Wildman–Crippen LogP) is 3.25. The summed E-state index contributed by atoms with van der Waals surface area (Å²) in [4.78, 5) is 21.9. The molecule has 0 heterocycles. The number of allylic oxidation sites excluding steroid dienone is 4. The molecular formula is C16H26O4. The van der Waals surface area contributed by atoms with Gasteiger partial charge in [0.1, 0.15) is 6.10 Å². The van der Waals surface area contributed by atoms with E-state index in [2.05, 4.69) is 13.0 Å². The van der Waals surface area contributed by atoms with Crippen molar-refractivity contribution in [1.82, 2.24) is 0 Å². The Hall–Kier alpha value is -1.42. The van der Waals surface area contributed by atoms with Gasteiger partial charge in [0.2, 0.25) is 0 Å². The lowest BCUT2D eigenvalue weighted by molar-refractivity contribution is -0.137. The molecule has 4 nitrogen and oxygen atoms in total.